The third-order valence-corrected chi connectivity index (χ3v) is 4.29. The van der Waals surface area contributed by atoms with E-state index < -0.39 is 5.97 Å². The number of aliphatic carboxylic acids is 1. The Balaban J connectivity index is 1.97. The number of hydrogen-bond donors (Lipinski definition) is 1. The van der Waals surface area contributed by atoms with E-state index in [4.69, 9.17) is 5.11 Å². The largest absolute Gasteiger partial charge is 0.481 e. The summed E-state index contributed by atoms with van der Waals surface area (Å²) >= 11 is 0. The standard InChI is InChI=1S/C18H25NO3/c20-17(12-6-7-13-18(21)22)19-14-8-2-5-11-16(19)15-9-3-1-4-10-15/h1,3-4,9-10,16H,2,5-8,11-14H2,(H,21,22). The van der Waals surface area contributed by atoms with Crippen LogP contribution in [0.1, 0.15) is 63.0 Å². The van der Waals surface area contributed by atoms with Crippen molar-refractivity contribution in [3.8, 4) is 0 Å². The molecule has 22 heavy (non-hydrogen) atoms. The molecule has 0 aromatic heterocycles. The first-order valence-electron chi connectivity index (χ1n) is 8.24. The fourth-order valence-electron chi connectivity index (χ4n) is 3.12. The number of rotatable bonds is 6. The van der Waals surface area contributed by atoms with E-state index in [1.807, 2.05) is 23.1 Å². The van der Waals surface area contributed by atoms with Crippen LogP contribution in [0.15, 0.2) is 30.3 Å². The molecular weight excluding hydrogens is 278 g/mol. The second kappa shape index (κ2) is 8.57. The van der Waals surface area contributed by atoms with Crippen LogP contribution < -0.4 is 0 Å². The van der Waals surface area contributed by atoms with Gasteiger partial charge in [-0.15, -0.1) is 0 Å². The highest BCUT2D eigenvalue weighted by molar-refractivity contribution is 5.76. The summed E-state index contributed by atoms with van der Waals surface area (Å²) in [5.74, 6) is -0.620. The Bertz CT molecular complexity index is 486. The Morgan fingerprint density at radius 3 is 2.50 bits per heavy atom. The Hall–Kier alpha value is -1.84. The second-order valence-corrected chi connectivity index (χ2v) is 5.96. The zero-order valence-electron chi connectivity index (χ0n) is 13.0. The molecular formula is C18H25NO3. The number of carbonyl (C=O) groups excluding carboxylic acids is 1. The first-order chi connectivity index (χ1) is 10.7. The molecule has 1 saturated heterocycles. The van der Waals surface area contributed by atoms with Crippen LogP contribution in [0, 0.1) is 0 Å². The van der Waals surface area contributed by atoms with Gasteiger partial charge in [0.1, 0.15) is 0 Å². The average molecular weight is 303 g/mol. The zero-order valence-corrected chi connectivity index (χ0v) is 13.0. The highest BCUT2D eigenvalue weighted by Gasteiger charge is 2.26. The van der Waals surface area contributed by atoms with Gasteiger partial charge in [-0.25, -0.2) is 0 Å². The molecule has 1 fully saturated rings. The van der Waals surface area contributed by atoms with E-state index in [0.29, 0.717) is 19.3 Å². The maximum atomic E-state index is 12.6. The molecule has 1 amide bonds. The quantitative estimate of drug-likeness (QED) is 0.814. The lowest BCUT2D eigenvalue weighted by molar-refractivity contribution is -0.138. The van der Waals surface area contributed by atoms with Crippen LogP contribution in [0.4, 0.5) is 0 Å². The molecule has 1 aliphatic heterocycles. The van der Waals surface area contributed by atoms with Crippen LogP contribution in [-0.2, 0) is 9.59 Å². The summed E-state index contributed by atoms with van der Waals surface area (Å²) in [6.45, 7) is 0.817. The Kier molecular flexibility index (Phi) is 6.44. The lowest BCUT2D eigenvalue weighted by atomic mass is 10.0. The van der Waals surface area contributed by atoms with Gasteiger partial charge in [0, 0.05) is 19.4 Å². The fraction of sp³-hybridized carbons (Fsp3) is 0.556. The zero-order chi connectivity index (χ0) is 15.8. The number of amides is 1. The topological polar surface area (TPSA) is 57.6 Å². The van der Waals surface area contributed by atoms with E-state index in [1.54, 1.807) is 0 Å². The summed E-state index contributed by atoms with van der Waals surface area (Å²) in [5.41, 5.74) is 1.21. The van der Waals surface area contributed by atoms with Crippen molar-refractivity contribution in [3.63, 3.8) is 0 Å². The SMILES string of the molecule is O=C(O)CCCCC(=O)N1CCCCCC1c1ccccc1. The molecule has 1 aromatic carbocycles. The van der Waals surface area contributed by atoms with E-state index in [1.165, 1.54) is 12.0 Å². The summed E-state index contributed by atoms with van der Waals surface area (Å²) in [6, 6.07) is 10.4. The minimum Gasteiger partial charge on any atom is -0.481 e. The lowest BCUT2D eigenvalue weighted by Crippen LogP contribution is -2.34. The van der Waals surface area contributed by atoms with Crippen LogP contribution in [0.3, 0.4) is 0 Å². The minimum atomic E-state index is -0.788. The maximum absolute atomic E-state index is 12.6. The van der Waals surface area contributed by atoms with Gasteiger partial charge in [0.2, 0.25) is 5.91 Å². The van der Waals surface area contributed by atoms with Gasteiger partial charge >= 0.3 is 5.97 Å². The fourth-order valence-corrected chi connectivity index (χ4v) is 3.12. The molecule has 2 rings (SSSR count). The van der Waals surface area contributed by atoms with Crippen LogP contribution in [0.2, 0.25) is 0 Å². The maximum Gasteiger partial charge on any atom is 0.303 e. The van der Waals surface area contributed by atoms with Crippen LogP contribution in [-0.4, -0.2) is 28.4 Å². The number of benzene rings is 1. The van der Waals surface area contributed by atoms with Gasteiger partial charge in [-0.3, -0.25) is 9.59 Å². The number of nitrogens with zero attached hydrogens (tertiary/aromatic N) is 1. The van der Waals surface area contributed by atoms with Gasteiger partial charge < -0.3 is 10.0 Å². The molecule has 1 aliphatic rings. The average Bonchev–Trinajstić information content (AvgIpc) is 2.78. The van der Waals surface area contributed by atoms with E-state index in [2.05, 4.69) is 12.1 Å². The van der Waals surface area contributed by atoms with Crippen molar-refractivity contribution < 1.29 is 14.7 Å². The van der Waals surface area contributed by atoms with Gasteiger partial charge in [0.25, 0.3) is 0 Å². The van der Waals surface area contributed by atoms with Gasteiger partial charge in [0.05, 0.1) is 6.04 Å². The number of carbonyl (C=O) groups is 2. The Morgan fingerprint density at radius 2 is 1.77 bits per heavy atom. The van der Waals surface area contributed by atoms with Crippen molar-refractivity contribution in [2.45, 2.75) is 57.4 Å². The molecule has 1 unspecified atom stereocenters. The summed E-state index contributed by atoms with van der Waals surface area (Å²) in [5, 5.41) is 8.66. The molecule has 0 radical (unpaired) electrons. The molecule has 1 N–H and O–H groups in total. The lowest BCUT2D eigenvalue weighted by Gasteiger charge is -2.30. The number of carboxylic acids is 1. The first kappa shape index (κ1) is 16.5. The van der Waals surface area contributed by atoms with Crippen molar-refractivity contribution in [2.24, 2.45) is 0 Å². The number of unbranched alkanes of at least 4 members (excludes halogenated alkanes) is 1. The Morgan fingerprint density at radius 1 is 1.05 bits per heavy atom. The van der Waals surface area contributed by atoms with Gasteiger partial charge in [-0.05, 0) is 31.2 Å². The third-order valence-electron chi connectivity index (χ3n) is 4.29. The van der Waals surface area contributed by atoms with E-state index in [-0.39, 0.29) is 18.4 Å². The number of hydrogen-bond acceptors (Lipinski definition) is 2. The van der Waals surface area contributed by atoms with Gasteiger partial charge in [0.15, 0.2) is 0 Å². The molecule has 1 aromatic rings. The molecule has 0 saturated carbocycles. The van der Waals surface area contributed by atoms with Crippen molar-refractivity contribution in [1.29, 1.82) is 0 Å². The van der Waals surface area contributed by atoms with Crippen molar-refractivity contribution in [3.05, 3.63) is 35.9 Å². The molecule has 1 heterocycles. The van der Waals surface area contributed by atoms with Crippen molar-refractivity contribution >= 4 is 11.9 Å². The second-order valence-electron chi connectivity index (χ2n) is 5.96. The summed E-state index contributed by atoms with van der Waals surface area (Å²) in [7, 11) is 0. The van der Waals surface area contributed by atoms with Crippen LogP contribution in [0.25, 0.3) is 0 Å². The molecule has 0 bridgehead atoms. The van der Waals surface area contributed by atoms with Crippen molar-refractivity contribution in [2.75, 3.05) is 6.54 Å². The normalized spacial score (nSPS) is 18.7. The van der Waals surface area contributed by atoms with Crippen LogP contribution in [0.5, 0.6) is 0 Å². The third kappa shape index (κ3) is 4.86. The van der Waals surface area contributed by atoms with E-state index in [9.17, 15) is 9.59 Å². The highest BCUT2D eigenvalue weighted by atomic mass is 16.4. The molecule has 0 spiro atoms. The predicted octanol–water partition coefficient (Wildman–Crippen LogP) is 3.78. The number of likely N-dealkylation sites (tertiary alicyclic amines) is 1. The summed E-state index contributed by atoms with van der Waals surface area (Å²) in [6.07, 6.45) is 6.24. The highest BCUT2D eigenvalue weighted by Crippen LogP contribution is 2.30. The molecule has 120 valence electrons. The molecule has 1 atom stereocenters. The van der Waals surface area contributed by atoms with Crippen molar-refractivity contribution in [1.82, 2.24) is 4.90 Å². The monoisotopic (exact) mass is 303 g/mol. The van der Waals surface area contributed by atoms with E-state index in [0.717, 1.165) is 25.8 Å². The predicted molar refractivity (Wildman–Crippen MR) is 85.5 cm³/mol. The summed E-state index contributed by atoms with van der Waals surface area (Å²) < 4.78 is 0. The van der Waals surface area contributed by atoms with Gasteiger partial charge in [-0.2, -0.15) is 0 Å². The smallest absolute Gasteiger partial charge is 0.303 e. The van der Waals surface area contributed by atoms with E-state index >= 15 is 0 Å². The Labute approximate surface area is 132 Å². The molecule has 0 aliphatic carbocycles. The first-order valence-corrected chi connectivity index (χ1v) is 8.24. The number of carboxylic acid groups (broad SMARTS) is 1. The van der Waals surface area contributed by atoms with Gasteiger partial charge in [-0.1, -0.05) is 43.2 Å². The minimum absolute atomic E-state index is 0.148. The molecule has 4 heteroatoms. The summed E-state index contributed by atoms with van der Waals surface area (Å²) in [4.78, 5) is 25.1. The molecule has 4 nitrogen and oxygen atoms in total. The van der Waals surface area contributed by atoms with Crippen LogP contribution >= 0.6 is 0 Å².